The second kappa shape index (κ2) is 5.61. The minimum Gasteiger partial charge on any atom is -0.445 e. The van der Waals surface area contributed by atoms with E-state index >= 15 is 0 Å². The molecule has 1 saturated carbocycles. The van der Waals surface area contributed by atoms with E-state index in [9.17, 15) is 4.79 Å². The maximum atomic E-state index is 11.7. The Bertz CT molecular complexity index is 430. The average molecular weight is 263 g/mol. The molecule has 0 spiro atoms. The molecule has 0 bridgehead atoms. The third-order valence-corrected chi connectivity index (χ3v) is 3.97. The Balaban J connectivity index is 1.77. The summed E-state index contributed by atoms with van der Waals surface area (Å²) in [6.07, 6.45) is 0.674. The molecule has 1 fully saturated rings. The summed E-state index contributed by atoms with van der Waals surface area (Å²) in [7, 11) is 1.70. The van der Waals surface area contributed by atoms with Crippen LogP contribution in [0, 0.1) is 5.41 Å². The average Bonchev–Trinajstić information content (AvgIpc) is 2.42. The first-order valence-corrected chi connectivity index (χ1v) is 6.54. The van der Waals surface area contributed by atoms with Gasteiger partial charge in [0.15, 0.2) is 0 Å². The fourth-order valence-electron chi connectivity index (χ4n) is 2.44. The fourth-order valence-corrected chi connectivity index (χ4v) is 2.44. The number of hydrogen-bond donors (Lipinski definition) is 1. The summed E-state index contributed by atoms with van der Waals surface area (Å²) in [4.78, 5) is 11.7. The third kappa shape index (κ3) is 3.07. The zero-order valence-corrected chi connectivity index (χ0v) is 11.7. The van der Waals surface area contributed by atoms with Crippen molar-refractivity contribution in [2.75, 3.05) is 7.11 Å². The lowest BCUT2D eigenvalue weighted by Crippen LogP contribution is -2.61. The summed E-state index contributed by atoms with van der Waals surface area (Å²) >= 11 is 0. The van der Waals surface area contributed by atoms with E-state index in [4.69, 9.17) is 9.47 Å². The molecular formula is C15H21NO3. The predicted octanol–water partition coefficient (Wildman–Crippen LogP) is 2.73. The van der Waals surface area contributed by atoms with Crippen molar-refractivity contribution in [3.63, 3.8) is 0 Å². The van der Waals surface area contributed by atoms with Gasteiger partial charge in [-0.2, -0.15) is 0 Å². The molecule has 4 nitrogen and oxygen atoms in total. The summed E-state index contributed by atoms with van der Waals surface area (Å²) in [5.41, 5.74) is 0.945. The maximum Gasteiger partial charge on any atom is 0.407 e. The molecular weight excluding hydrogens is 242 g/mol. The van der Waals surface area contributed by atoms with Crippen molar-refractivity contribution < 1.29 is 14.3 Å². The van der Waals surface area contributed by atoms with Crippen LogP contribution in [0.1, 0.15) is 25.8 Å². The Kier molecular flexibility index (Phi) is 4.10. The summed E-state index contributed by atoms with van der Waals surface area (Å²) < 4.78 is 10.6. The number of alkyl carbamates (subject to hydrolysis) is 1. The summed E-state index contributed by atoms with van der Waals surface area (Å²) in [6.45, 7) is 4.48. The van der Waals surface area contributed by atoms with Crippen LogP contribution >= 0.6 is 0 Å². The van der Waals surface area contributed by atoms with E-state index in [-0.39, 0.29) is 23.7 Å². The highest BCUT2D eigenvalue weighted by molar-refractivity contribution is 5.68. The van der Waals surface area contributed by atoms with E-state index in [1.165, 1.54) is 0 Å². The van der Waals surface area contributed by atoms with Crippen LogP contribution in [-0.2, 0) is 16.1 Å². The Morgan fingerprint density at radius 2 is 2.05 bits per heavy atom. The quantitative estimate of drug-likeness (QED) is 0.908. The minimum atomic E-state index is -0.364. The van der Waals surface area contributed by atoms with E-state index < -0.39 is 0 Å². The van der Waals surface area contributed by atoms with Crippen LogP contribution in [0.25, 0.3) is 0 Å². The molecule has 0 saturated heterocycles. The zero-order chi connectivity index (χ0) is 13.9. The van der Waals surface area contributed by atoms with Crippen molar-refractivity contribution >= 4 is 6.09 Å². The number of carbonyl (C=O) groups excluding carboxylic acids is 1. The van der Waals surface area contributed by atoms with Crippen LogP contribution in [0.15, 0.2) is 30.3 Å². The topological polar surface area (TPSA) is 47.6 Å². The van der Waals surface area contributed by atoms with Crippen molar-refractivity contribution in [1.82, 2.24) is 5.32 Å². The molecule has 1 aromatic rings. The normalized spacial score (nSPS) is 24.4. The Morgan fingerprint density at radius 1 is 1.37 bits per heavy atom. The van der Waals surface area contributed by atoms with Gasteiger partial charge >= 0.3 is 6.09 Å². The highest BCUT2D eigenvalue weighted by Crippen LogP contribution is 2.42. The van der Waals surface area contributed by atoms with Crippen molar-refractivity contribution in [3.8, 4) is 0 Å². The molecule has 4 heteroatoms. The van der Waals surface area contributed by atoms with Crippen LogP contribution < -0.4 is 5.32 Å². The number of hydrogen-bond acceptors (Lipinski definition) is 3. The maximum absolute atomic E-state index is 11.7. The monoisotopic (exact) mass is 263 g/mol. The lowest BCUT2D eigenvalue weighted by molar-refractivity contribution is -0.0957. The van der Waals surface area contributed by atoms with Crippen LogP contribution in [0.3, 0.4) is 0 Å². The number of methoxy groups -OCH3 is 1. The standard InChI is InChI=1S/C15H21NO3/c1-15(2)12(9-13(15)18-3)16-14(17)19-10-11-7-5-4-6-8-11/h4-8,12-13H,9-10H2,1-3H3,(H,16,17). The Morgan fingerprint density at radius 3 is 2.63 bits per heavy atom. The summed E-state index contributed by atoms with van der Waals surface area (Å²) in [6, 6.07) is 9.76. The number of ether oxygens (including phenoxy) is 2. The van der Waals surface area contributed by atoms with Crippen molar-refractivity contribution in [1.29, 1.82) is 0 Å². The molecule has 1 aromatic carbocycles. The smallest absolute Gasteiger partial charge is 0.407 e. The van der Waals surface area contributed by atoms with Gasteiger partial charge in [0, 0.05) is 18.6 Å². The van der Waals surface area contributed by atoms with Gasteiger partial charge in [-0.1, -0.05) is 44.2 Å². The van der Waals surface area contributed by atoms with Gasteiger partial charge in [-0.25, -0.2) is 4.79 Å². The second-order valence-corrected chi connectivity index (χ2v) is 5.54. The molecule has 19 heavy (non-hydrogen) atoms. The largest absolute Gasteiger partial charge is 0.445 e. The molecule has 104 valence electrons. The van der Waals surface area contributed by atoms with E-state index in [2.05, 4.69) is 19.2 Å². The first-order chi connectivity index (χ1) is 9.04. The second-order valence-electron chi connectivity index (χ2n) is 5.54. The molecule has 2 atom stereocenters. The molecule has 1 aliphatic rings. The summed E-state index contributed by atoms with van der Waals surface area (Å²) in [5.74, 6) is 0. The van der Waals surface area contributed by atoms with Crippen LogP contribution in [0.4, 0.5) is 4.79 Å². The van der Waals surface area contributed by atoms with Crippen molar-refractivity contribution in [2.45, 2.75) is 39.0 Å². The molecule has 1 amide bonds. The molecule has 1 N–H and O–H groups in total. The molecule has 2 rings (SSSR count). The zero-order valence-electron chi connectivity index (χ0n) is 11.7. The van der Waals surface area contributed by atoms with Crippen molar-refractivity contribution in [3.05, 3.63) is 35.9 Å². The number of rotatable bonds is 4. The molecule has 2 unspecified atom stereocenters. The number of carbonyl (C=O) groups is 1. The molecule has 0 radical (unpaired) electrons. The van der Waals surface area contributed by atoms with Gasteiger partial charge in [0.25, 0.3) is 0 Å². The van der Waals surface area contributed by atoms with Crippen molar-refractivity contribution in [2.24, 2.45) is 5.41 Å². The van der Waals surface area contributed by atoms with Crippen LogP contribution in [0.5, 0.6) is 0 Å². The van der Waals surface area contributed by atoms with Gasteiger partial charge in [-0.15, -0.1) is 0 Å². The van der Waals surface area contributed by atoms with Gasteiger partial charge in [0.1, 0.15) is 6.61 Å². The third-order valence-electron chi connectivity index (χ3n) is 3.97. The predicted molar refractivity (Wildman–Crippen MR) is 72.7 cm³/mol. The van der Waals surface area contributed by atoms with Gasteiger partial charge in [0.05, 0.1) is 6.10 Å². The lowest BCUT2D eigenvalue weighted by Gasteiger charge is -2.50. The highest BCUT2D eigenvalue weighted by atomic mass is 16.5. The highest BCUT2D eigenvalue weighted by Gasteiger charge is 2.49. The molecule has 0 aliphatic heterocycles. The van der Waals surface area contributed by atoms with Crippen LogP contribution in [-0.4, -0.2) is 25.3 Å². The van der Waals surface area contributed by atoms with Gasteiger partial charge in [-0.3, -0.25) is 0 Å². The van der Waals surface area contributed by atoms with E-state index in [0.717, 1.165) is 12.0 Å². The van der Waals surface area contributed by atoms with Gasteiger partial charge in [0.2, 0.25) is 0 Å². The number of benzene rings is 1. The first-order valence-electron chi connectivity index (χ1n) is 6.54. The number of amides is 1. The molecule has 0 aromatic heterocycles. The van der Waals surface area contributed by atoms with E-state index in [1.807, 2.05) is 30.3 Å². The van der Waals surface area contributed by atoms with Crippen LogP contribution in [0.2, 0.25) is 0 Å². The minimum absolute atomic E-state index is 0.0412. The van der Waals surface area contributed by atoms with Gasteiger partial charge < -0.3 is 14.8 Å². The Labute approximate surface area is 114 Å². The van der Waals surface area contributed by atoms with E-state index in [1.54, 1.807) is 7.11 Å². The Hall–Kier alpha value is -1.55. The number of nitrogens with one attached hydrogen (secondary N) is 1. The molecule has 0 heterocycles. The first kappa shape index (κ1) is 13.9. The summed E-state index contributed by atoms with van der Waals surface area (Å²) in [5, 5.41) is 2.90. The SMILES string of the molecule is COC1CC(NC(=O)OCc2ccccc2)C1(C)C. The fraction of sp³-hybridized carbons (Fsp3) is 0.533. The lowest BCUT2D eigenvalue weighted by atomic mass is 9.64. The van der Waals surface area contributed by atoms with Gasteiger partial charge in [-0.05, 0) is 12.0 Å². The molecule has 1 aliphatic carbocycles. The van der Waals surface area contributed by atoms with E-state index in [0.29, 0.717) is 6.61 Å².